The fraction of sp³-hybridized carbons (Fsp3) is 0.229. The Hall–Kier alpha value is -5.01. The van der Waals surface area contributed by atoms with Crippen LogP contribution in [-0.4, -0.2) is 40.4 Å². The Labute approximate surface area is 287 Å². The van der Waals surface area contributed by atoms with E-state index in [2.05, 4.69) is 20.5 Å². The zero-order valence-electron chi connectivity index (χ0n) is 26.6. The summed E-state index contributed by atoms with van der Waals surface area (Å²) in [6.45, 7) is 6.40. The Kier molecular flexibility index (Phi) is 9.33. The minimum Gasteiger partial charge on any atom is -0.493 e. The highest BCUT2D eigenvalue weighted by molar-refractivity contribution is 9.10. The van der Waals surface area contributed by atoms with Crippen LogP contribution in [0.15, 0.2) is 92.4 Å². The first-order valence-electron chi connectivity index (χ1n) is 15.2. The zero-order chi connectivity index (χ0) is 34.1. The van der Waals surface area contributed by atoms with E-state index in [0.717, 1.165) is 22.0 Å². The average Bonchev–Trinajstić information content (AvgIpc) is 3.57. The number of hydrogen-bond acceptors (Lipinski definition) is 9. The van der Waals surface area contributed by atoms with Crippen LogP contribution in [0.2, 0.25) is 0 Å². The van der Waals surface area contributed by atoms with Crippen LogP contribution in [0, 0.1) is 10.1 Å². The third kappa shape index (κ3) is 6.06. The van der Waals surface area contributed by atoms with Gasteiger partial charge in [0.2, 0.25) is 0 Å². The number of nitro benzene ring substituents is 1. The minimum atomic E-state index is -0.857. The Morgan fingerprint density at radius 3 is 2.54 bits per heavy atom. The summed E-state index contributed by atoms with van der Waals surface area (Å²) in [4.78, 5) is 43.7. The van der Waals surface area contributed by atoms with Crippen LogP contribution >= 0.6 is 27.3 Å². The van der Waals surface area contributed by atoms with E-state index in [4.69, 9.17) is 19.2 Å². The van der Waals surface area contributed by atoms with Gasteiger partial charge in [-0.2, -0.15) is 0 Å². The van der Waals surface area contributed by atoms with Crippen LogP contribution in [0.4, 0.5) is 5.69 Å². The van der Waals surface area contributed by atoms with E-state index in [1.54, 1.807) is 38.1 Å². The summed E-state index contributed by atoms with van der Waals surface area (Å²) in [6, 6.07) is 17.0. The van der Waals surface area contributed by atoms with Crippen molar-refractivity contribution in [3.05, 3.63) is 129 Å². The number of non-ortho nitro benzene ring substituents is 1. The first-order chi connectivity index (χ1) is 23.1. The summed E-state index contributed by atoms with van der Waals surface area (Å²) >= 11 is 4.90. The number of rotatable bonds is 10. The highest BCUT2D eigenvalue weighted by Gasteiger charge is 2.35. The number of allylic oxidation sites excluding steroid dienone is 1. The number of aromatic nitrogens is 2. The van der Waals surface area contributed by atoms with Gasteiger partial charge in [0.1, 0.15) is 0 Å². The second-order valence-electron chi connectivity index (χ2n) is 10.9. The predicted octanol–water partition coefficient (Wildman–Crippen LogP) is 5.88. The number of carbonyl (C=O) groups excluding carboxylic acids is 1. The van der Waals surface area contributed by atoms with Crippen LogP contribution in [-0.2, 0) is 16.1 Å². The third-order valence-electron chi connectivity index (χ3n) is 8.00. The minimum absolute atomic E-state index is 0.0301. The van der Waals surface area contributed by atoms with E-state index in [1.807, 2.05) is 43.5 Å². The summed E-state index contributed by atoms with van der Waals surface area (Å²) in [7, 11) is 1.53. The topological polar surface area (TPSA) is 127 Å². The van der Waals surface area contributed by atoms with Gasteiger partial charge in [0, 0.05) is 45.8 Å². The molecule has 0 N–H and O–H groups in total. The van der Waals surface area contributed by atoms with E-state index in [9.17, 15) is 19.7 Å². The van der Waals surface area contributed by atoms with E-state index >= 15 is 0 Å². The maximum absolute atomic E-state index is 14.4. The highest BCUT2D eigenvalue weighted by atomic mass is 79.9. The Morgan fingerprint density at radius 2 is 1.85 bits per heavy atom. The number of ether oxygens (including phenoxy) is 3. The van der Waals surface area contributed by atoms with Gasteiger partial charge in [-0.25, -0.2) is 9.79 Å². The monoisotopic (exact) mass is 730 g/mol. The van der Waals surface area contributed by atoms with Crippen molar-refractivity contribution in [1.29, 1.82) is 0 Å². The highest BCUT2D eigenvalue weighted by Crippen LogP contribution is 2.41. The van der Waals surface area contributed by atoms with Gasteiger partial charge in [-0.1, -0.05) is 57.6 Å². The number of nitro groups is 1. The number of thiazole rings is 1. The number of nitrogens with zero attached hydrogens (tertiary/aromatic N) is 4. The molecular weight excluding hydrogens is 700 g/mol. The summed E-state index contributed by atoms with van der Waals surface area (Å²) in [6.07, 6.45) is 3.80. The molecule has 1 atom stereocenters. The molecule has 0 amide bonds. The van der Waals surface area contributed by atoms with E-state index in [-0.39, 0.29) is 23.4 Å². The van der Waals surface area contributed by atoms with Crippen molar-refractivity contribution in [1.82, 2.24) is 9.13 Å². The molecule has 5 aromatic rings. The Morgan fingerprint density at radius 1 is 1.10 bits per heavy atom. The lowest BCUT2D eigenvalue weighted by Gasteiger charge is -2.26. The van der Waals surface area contributed by atoms with Crippen molar-refractivity contribution in [3.8, 4) is 11.5 Å². The van der Waals surface area contributed by atoms with Gasteiger partial charge in [0.25, 0.3) is 11.2 Å². The summed E-state index contributed by atoms with van der Waals surface area (Å²) in [5, 5.41) is 12.1. The van der Waals surface area contributed by atoms with Crippen molar-refractivity contribution in [2.75, 3.05) is 20.3 Å². The van der Waals surface area contributed by atoms with E-state index in [1.165, 1.54) is 35.1 Å². The van der Waals surface area contributed by atoms with E-state index in [0.29, 0.717) is 49.7 Å². The van der Waals surface area contributed by atoms with Gasteiger partial charge in [0.05, 0.1) is 47.1 Å². The lowest BCUT2D eigenvalue weighted by molar-refractivity contribution is -0.384. The first kappa shape index (κ1) is 32.9. The van der Waals surface area contributed by atoms with Crippen molar-refractivity contribution in [3.63, 3.8) is 0 Å². The van der Waals surface area contributed by atoms with Crippen LogP contribution in [0.25, 0.3) is 17.0 Å². The first-order valence-corrected chi connectivity index (χ1v) is 16.8. The largest absolute Gasteiger partial charge is 0.493 e. The van der Waals surface area contributed by atoms with Crippen LogP contribution in [0.1, 0.15) is 43.5 Å². The molecule has 3 aromatic carbocycles. The molecule has 0 saturated heterocycles. The van der Waals surface area contributed by atoms with Gasteiger partial charge < -0.3 is 18.8 Å². The molecule has 48 heavy (non-hydrogen) atoms. The maximum Gasteiger partial charge on any atom is 0.338 e. The second-order valence-corrected chi connectivity index (χ2v) is 12.8. The maximum atomic E-state index is 14.4. The van der Waals surface area contributed by atoms with Gasteiger partial charge in [-0.15, -0.1) is 0 Å². The van der Waals surface area contributed by atoms with E-state index < -0.39 is 16.9 Å². The number of methoxy groups -OCH3 is 1. The number of fused-ring (bicyclic) bond motifs is 2. The molecule has 0 bridgehead atoms. The van der Waals surface area contributed by atoms with Gasteiger partial charge in [-0.05, 0) is 56.2 Å². The molecule has 3 heterocycles. The number of halogens is 1. The molecule has 246 valence electrons. The van der Waals surface area contributed by atoms with Crippen LogP contribution in [0.5, 0.6) is 11.5 Å². The van der Waals surface area contributed by atoms with Gasteiger partial charge >= 0.3 is 5.97 Å². The fourth-order valence-corrected chi connectivity index (χ4v) is 7.43. The molecule has 0 unspecified atom stereocenters. The predicted molar refractivity (Wildman–Crippen MR) is 186 cm³/mol. The summed E-state index contributed by atoms with van der Waals surface area (Å²) in [5.41, 5.74) is 3.68. The molecule has 0 fully saturated rings. The third-order valence-corrected chi connectivity index (χ3v) is 9.67. The molecule has 6 rings (SSSR count). The van der Waals surface area contributed by atoms with Gasteiger partial charge in [0.15, 0.2) is 16.3 Å². The van der Waals surface area contributed by atoms with Crippen molar-refractivity contribution in [2.24, 2.45) is 4.99 Å². The zero-order valence-corrected chi connectivity index (χ0v) is 29.0. The number of benzene rings is 3. The summed E-state index contributed by atoms with van der Waals surface area (Å²) < 4.78 is 21.5. The lowest BCUT2D eigenvalue weighted by Crippen LogP contribution is -2.40. The SMILES string of the molecule is CCOC(=O)C1=C(C)N=c2s/c(=C/c3cn(Cc4ccc([N+](=O)[O-])cc4)c4ccccc34)c(=O)n2[C@@H]1c1cc(OC)c(OCC)cc1Br. The molecule has 1 aliphatic heterocycles. The molecule has 2 aromatic heterocycles. The quantitative estimate of drug-likeness (QED) is 0.0998. The average molecular weight is 732 g/mol. The molecule has 13 heteroatoms. The lowest BCUT2D eigenvalue weighted by atomic mass is 9.95. The molecule has 0 radical (unpaired) electrons. The molecule has 0 saturated carbocycles. The van der Waals surface area contributed by atoms with Crippen molar-refractivity contribution in [2.45, 2.75) is 33.4 Å². The van der Waals surface area contributed by atoms with Gasteiger partial charge in [-0.3, -0.25) is 19.5 Å². The number of hydrogen-bond donors (Lipinski definition) is 0. The normalized spacial score (nSPS) is 14.5. The number of esters is 1. The molecule has 1 aliphatic rings. The standard InChI is InChI=1S/C35H31BrN4O7S/c1-5-46-29-17-26(36)25(16-28(29)45-4)32-31(34(42)47-6-2)20(3)37-35-39(32)33(41)30(48-35)15-22-19-38(27-10-8-7-9-24(22)27)18-21-11-13-23(14-12-21)40(43)44/h7-17,19,32H,5-6,18H2,1-4H3/b30-15+/t32-/m1/s1. The number of carbonyl (C=O) groups is 1. The molecule has 0 spiro atoms. The second kappa shape index (κ2) is 13.6. The molecular formula is C35H31BrN4O7S. The summed E-state index contributed by atoms with van der Waals surface area (Å²) in [5.74, 6) is 0.412. The molecule has 11 nitrogen and oxygen atoms in total. The van der Waals surface area contributed by atoms with Crippen LogP contribution in [0.3, 0.4) is 0 Å². The Balaban J connectivity index is 1.51. The number of para-hydroxylation sites is 1. The van der Waals surface area contributed by atoms with Crippen molar-refractivity contribution < 1.29 is 23.9 Å². The molecule has 0 aliphatic carbocycles. The Bertz CT molecular complexity index is 2290. The van der Waals surface area contributed by atoms with Crippen LogP contribution < -0.4 is 24.4 Å². The smallest absolute Gasteiger partial charge is 0.338 e. The van der Waals surface area contributed by atoms with Crippen molar-refractivity contribution >= 4 is 55.9 Å². The fourth-order valence-electron chi connectivity index (χ4n) is 5.86.